The minimum atomic E-state index is 0.102. The first kappa shape index (κ1) is 17.3. The van der Waals surface area contributed by atoms with E-state index < -0.39 is 0 Å². The van der Waals surface area contributed by atoms with Gasteiger partial charge in [-0.15, -0.1) is 0 Å². The van der Waals surface area contributed by atoms with Gasteiger partial charge in [0.05, 0.1) is 12.0 Å². The lowest BCUT2D eigenvalue weighted by molar-refractivity contribution is 0.590. The van der Waals surface area contributed by atoms with Gasteiger partial charge in [-0.05, 0) is 33.7 Å². The highest BCUT2D eigenvalue weighted by molar-refractivity contribution is 5.76. The highest BCUT2D eigenvalue weighted by atomic mass is 15.0. The summed E-state index contributed by atoms with van der Waals surface area (Å²) in [6.45, 7) is 6.73. The largest absolute Gasteiger partial charge is 0.306 e. The van der Waals surface area contributed by atoms with Gasteiger partial charge in [0, 0.05) is 18.0 Å². The standard InChI is InChI=1S/C25H24N2/c1-25(2,3)22-13-14-23(24(17-22)27-16-15-26-18-27)21-11-9-20(10-12-21)19-7-5-4-6-8-19/h4-18H,1-3H3. The molecular formula is C25H24N2. The van der Waals surface area contributed by atoms with E-state index in [0.717, 1.165) is 5.69 Å². The molecule has 4 aromatic rings. The highest BCUT2D eigenvalue weighted by Gasteiger charge is 2.17. The summed E-state index contributed by atoms with van der Waals surface area (Å²) in [6, 6.07) is 26.0. The molecule has 0 aliphatic rings. The molecule has 0 aliphatic carbocycles. The zero-order valence-corrected chi connectivity index (χ0v) is 16.1. The molecule has 0 amide bonds. The van der Waals surface area contributed by atoms with Gasteiger partial charge < -0.3 is 4.57 Å². The van der Waals surface area contributed by atoms with E-state index in [0.29, 0.717) is 0 Å². The zero-order valence-electron chi connectivity index (χ0n) is 16.1. The van der Waals surface area contributed by atoms with Crippen molar-refractivity contribution in [1.29, 1.82) is 0 Å². The van der Waals surface area contributed by atoms with Crippen LogP contribution < -0.4 is 0 Å². The monoisotopic (exact) mass is 352 g/mol. The Bertz CT molecular complexity index is 1020. The fraction of sp³-hybridized carbons (Fsp3) is 0.160. The van der Waals surface area contributed by atoms with E-state index in [1.165, 1.54) is 27.8 Å². The van der Waals surface area contributed by atoms with Crippen LogP contribution in [0.15, 0.2) is 91.5 Å². The first-order valence-electron chi connectivity index (χ1n) is 9.31. The molecule has 1 heterocycles. The molecule has 0 fully saturated rings. The minimum Gasteiger partial charge on any atom is -0.306 e. The summed E-state index contributed by atoms with van der Waals surface area (Å²) < 4.78 is 2.09. The summed E-state index contributed by atoms with van der Waals surface area (Å²) in [7, 11) is 0. The number of hydrogen-bond donors (Lipinski definition) is 0. The lowest BCUT2D eigenvalue weighted by atomic mass is 9.85. The second kappa shape index (κ2) is 6.88. The number of nitrogens with zero attached hydrogens (tertiary/aromatic N) is 2. The van der Waals surface area contributed by atoms with E-state index in [9.17, 15) is 0 Å². The number of benzene rings is 3. The van der Waals surface area contributed by atoms with Crippen LogP contribution in [0.5, 0.6) is 0 Å². The van der Waals surface area contributed by atoms with Crippen LogP contribution in [-0.4, -0.2) is 9.55 Å². The molecule has 2 nitrogen and oxygen atoms in total. The first-order valence-corrected chi connectivity index (χ1v) is 9.31. The van der Waals surface area contributed by atoms with Crippen LogP contribution in [0, 0.1) is 0 Å². The molecule has 2 heteroatoms. The van der Waals surface area contributed by atoms with Crippen molar-refractivity contribution in [3.8, 4) is 27.9 Å². The van der Waals surface area contributed by atoms with E-state index in [1.807, 2.05) is 24.8 Å². The minimum absolute atomic E-state index is 0.102. The Balaban J connectivity index is 1.79. The Morgan fingerprint density at radius 1 is 0.741 bits per heavy atom. The van der Waals surface area contributed by atoms with Gasteiger partial charge in [-0.2, -0.15) is 0 Å². The van der Waals surface area contributed by atoms with Crippen molar-refractivity contribution in [2.24, 2.45) is 0 Å². The Morgan fingerprint density at radius 2 is 1.41 bits per heavy atom. The first-order chi connectivity index (χ1) is 13.0. The summed E-state index contributed by atoms with van der Waals surface area (Å²) in [5.41, 5.74) is 7.46. The molecular weight excluding hydrogens is 328 g/mol. The van der Waals surface area contributed by atoms with Crippen LogP contribution in [0.25, 0.3) is 27.9 Å². The topological polar surface area (TPSA) is 17.8 Å². The zero-order chi connectivity index (χ0) is 18.9. The fourth-order valence-corrected chi connectivity index (χ4v) is 3.33. The molecule has 27 heavy (non-hydrogen) atoms. The molecule has 0 spiro atoms. The molecule has 1 aromatic heterocycles. The van der Waals surface area contributed by atoms with Gasteiger partial charge in [-0.1, -0.05) is 87.5 Å². The van der Waals surface area contributed by atoms with Gasteiger partial charge in [-0.25, -0.2) is 4.98 Å². The molecule has 0 bridgehead atoms. The molecule has 0 aliphatic heterocycles. The van der Waals surface area contributed by atoms with E-state index in [1.54, 1.807) is 0 Å². The maximum atomic E-state index is 4.24. The lowest BCUT2D eigenvalue weighted by Crippen LogP contribution is -2.12. The Labute approximate surface area is 161 Å². The van der Waals surface area contributed by atoms with Crippen molar-refractivity contribution in [3.63, 3.8) is 0 Å². The molecule has 4 rings (SSSR count). The summed E-state index contributed by atoms with van der Waals surface area (Å²) in [5.74, 6) is 0. The van der Waals surface area contributed by atoms with Gasteiger partial charge in [0.1, 0.15) is 0 Å². The molecule has 0 N–H and O–H groups in total. The average Bonchev–Trinajstić information content (AvgIpc) is 3.22. The Kier molecular flexibility index (Phi) is 4.41. The van der Waals surface area contributed by atoms with E-state index >= 15 is 0 Å². The fourth-order valence-electron chi connectivity index (χ4n) is 3.33. The van der Waals surface area contributed by atoms with Gasteiger partial charge >= 0.3 is 0 Å². The quantitative estimate of drug-likeness (QED) is 0.411. The van der Waals surface area contributed by atoms with Gasteiger partial charge in [0.25, 0.3) is 0 Å². The van der Waals surface area contributed by atoms with Crippen LogP contribution in [0.2, 0.25) is 0 Å². The van der Waals surface area contributed by atoms with E-state index in [-0.39, 0.29) is 5.41 Å². The van der Waals surface area contributed by atoms with Crippen LogP contribution >= 0.6 is 0 Å². The average molecular weight is 352 g/mol. The number of imidazole rings is 1. The second-order valence-electron chi connectivity index (χ2n) is 7.90. The Morgan fingerprint density at radius 3 is 2.04 bits per heavy atom. The summed E-state index contributed by atoms with van der Waals surface area (Å²) >= 11 is 0. The number of rotatable bonds is 3. The van der Waals surface area contributed by atoms with Crippen LogP contribution in [0.1, 0.15) is 26.3 Å². The third-order valence-electron chi connectivity index (χ3n) is 4.95. The van der Waals surface area contributed by atoms with Crippen LogP contribution in [0.4, 0.5) is 0 Å². The van der Waals surface area contributed by atoms with Crippen molar-refractivity contribution in [2.45, 2.75) is 26.2 Å². The van der Waals surface area contributed by atoms with Crippen molar-refractivity contribution in [3.05, 3.63) is 97.1 Å². The van der Waals surface area contributed by atoms with Crippen molar-refractivity contribution < 1.29 is 0 Å². The SMILES string of the molecule is CC(C)(C)c1ccc(-c2ccc(-c3ccccc3)cc2)c(-n2ccnc2)c1. The maximum Gasteiger partial charge on any atom is 0.0991 e. The van der Waals surface area contributed by atoms with Crippen LogP contribution in [0.3, 0.4) is 0 Å². The normalized spacial score (nSPS) is 11.5. The molecule has 134 valence electrons. The molecule has 3 aromatic carbocycles. The predicted molar refractivity (Wildman–Crippen MR) is 113 cm³/mol. The smallest absolute Gasteiger partial charge is 0.0991 e. The number of aromatic nitrogens is 2. The lowest BCUT2D eigenvalue weighted by Gasteiger charge is -2.22. The summed E-state index contributed by atoms with van der Waals surface area (Å²) in [6.07, 6.45) is 5.69. The summed E-state index contributed by atoms with van der Waals surface area (Å²) in [4.78, 5) is 4.24. The van der Waals surface area contributed by atoms with Crippen molar-refractivity contribution in [1.82, 2.24) is 9.55 Å². The Hall–Kier alpha value is -3.13. The van der Waals surface area contributed by atoms with Gasteiger partial charge in [0.2, 0.25) is 0 Å². The van der Waals surface area contributed by atoms with E-state index in [2.05, 4.69) is 97.1 Å². The molecule has 0 unspecified atom stereocenters. The molecule has 0 atom stereocenters. The predicted octanol–water partition coefficient (Wildman–Crippen LogP) is 6.50. The molecule has 0 radical (unpaired) electrons. The number of hydrogen-bond acceptors (Lipinski definition) is 1. The van der Waals surface area contributed by atoms with Crippen molar-refractivity contribution in [2.75, 3.05) is 0 Å². The maximum absolute atomic E-state index is 4.24. The van der Waals surface area contributed by atoms with Gasteiger partial charge in [0.15, 0.2) is 0 Å². The third-order valence-corrected chi connectivity index (χ3v) is 4.95. The van der Waals surface area contributed by atoms with E-state index in [4.69, 9.17) is 0 Å². The molecule has 0 saturated heterocycles. The third kappa shape index (κ3) is 3.56. The second-order valence-corrected chi connectivity index (χ2v) is 7.90. The molecule has 0 saturated carbocycles. The van der Waals surface area contributed by atoms with Crippen LogP contribution in [-0.2, 0) is 5.41 Å². The summed E-state index contributed by atoms with van der Waals surface area (Å²) in [5, 5.41) is 0. The van der Waals surface area contributed by atoms with Crippen molar-refractivity contribution >= 4 is 0 Å². The van der Waals surface area contributed by atoms with Gasteiger partial charge in [-0.3, -0.25) is 0 Å². The highest BCUT2D eigenvalue weighted by Crippen LogP contribution is 2.33.